The minimum Gasteiger partial charge on any atom is -0.493 e. The monoisotopic (exact) mass is 554 g/mol. The summed E-state index contributed by atoms with van der Waals surface area (Å²) < 4.78 is 21.7. The maximum absolute atomic E-state index is 12.9. The Labute approximate surface area is 241 Å². The van der Waals surface area contributed by atoms with Crippen LogP contribution in [-0.2, 0) is 6.54 Å². The summed E-state index contributed by atoms with van der Waals surface area (Å²) in [4.78, 5) is 17.1. The van der Waals surface area contributed by atoms with Gasteiger partial charge in [-0.1, -0.05) is 45.4 Å². The van der Waals surface area contributed by atoms with E-state index in [0.717, 1.165) is 17.2 Å². The van der Waals surface area contributed by atoms with Gasteiger partial charge in [0.2, 0.25) is 5.75 Å². The van der Waals surface area contributed by atoms with Crippen LogP contribution in [0.5, 0.6) is 17.2 Å². The minimum absolute atomic E-state index is 0. The number of nitrogens with zero attached hydrogens (tertiary/aromatic N) is 2. The minimum atomic E-state index is -0.196. The molecule has 1 amide bonds. The first-order chi connectivity index (χ1) is 18.9. The Kier molecular flexibility index (Phi) is 13.9. The quantitative estimate of drug-likeness (QED) is 0.302. The van der Waals surface area contributed by atoms with Gasteiger partial charge in [0, 0.05) is 24.7 Å². The summed E-state index contributed by atoms with van der Waals surface area (Å²) in [7, 11) is 6.25. The molecular weight excluding hydrogens is 504 g/mol. The largest absolute Gasteiger partial charge is 0.493 e. The average molecular weight is 555 g/mol. The highest BCUT2D eigenvalue weighted by Gasteiger charge is 2.21. The van der Waals surface area contributed by atoms with Gasteiger partial charge in [-0.05, 0) is 75.9 Å². The van der Waals surface area contributed by atoms with Crippen LogP contribution in [0.15, 0.2) is 35.3 Å². The van der Waals surface area contributed by atoms with Gasteiger partial charge in [0.05, 0.1) is 27.9 Å². The molecule has 0 atom stereocenters. The molecular formula is C33H50N2O5. The maximum Gasteiger partial charge on any atom is 0.254 e. The topological polar surface area (TPSA) is 64.4 Å². The van der Waals surface area contributed by atoms with E-state index in [4.69, 9.17) is 18.6 Å². The van der Waals surface area contributed by atoms with E-state index in [-0.39, 0.29) is 13.3 Å². The number of allylic oxidation sites excluding steroid dienone is 1. The van der Waals surface area contributed by atoms with Crippen molar-refractivity contribution in [3.63, 3.8) is 0 Å². The van der Waals surface area contributed by atoms with E-state index < -0.39 is 0 Å². The van der Waals surface area contributed by atoms with Crippen LogP contribution < -0.4 is 14.2 Å². The van der Waals surface area contributed by atoms with Crippen LogP contribution in [0.3, 0.4) is 0 Å². The van der Waals surface area contributed by atoms with Crippen molar-refractivity contribution in [3.05, 3.63) is 53.5 Å². The highest BCUT2D eigenvalue weighted by atomic mass is 16.5. The number of methoxy groups -OCH3 is 3. The Hall–Kier alpha value is -3.19. The standard InChI is InChI=1S/C21H25NO5.C11H21N.CH4/c1-7-9-17-14(8-2)10-16(27-17)13-22(3)21(23)15-11-18(24-4)20(26-6)19(12-15)25-5;1-2-6-11(7-3-1)10-12-8-4-5-9-12;/h7-12H,2,13H2,1,3-6H3;11H,1-10H2;1H4/b9-7-;;. The molecule has 0 bridgehead atoms. The molecule has 1 aromatic carbocycles. The normalized spacial score (nSPS) is 15.6. The Morgan fingerprint density at radius 1 is 1.02 bits per heavy atom. The number of carbonyl (C=O) groups is 1. The molecule has 2 aliphatic rings. The second kappa shape index (κ2) is 16.8. The summed E-state index contributed by atoms with van der Waals surface area (Å²) in [6.07, 6.45) is 15.9. The fourth-order valence-electron chi connectivity index (χ4n) is 5.42. The number of amides is 1. The van der Waals surface area contributed by atoms with Crippen LogP contribution in [0.2, 0.25) is 0 Å². The average Bonchev–Trinajstić information content (AvgIpc) is 3.62. The molecule has 1 aromatic heterocycles. The Bertz CT molecular complexity index is 1070. The van der Waals surface area contributed by atoms with Crippen LogP contribution in [-0.4, -0.2) is 63.7 Å². The molecule has 0 N–H and O–H groups in total. The predicted molar refractivity (Wildman–Crippen MR) is 164 cm³/mol. The van der Waals surface area contributed by atoms with E-state index in [9.17, 15) is 4.79 Å². The van der Waals surface area contributed by atoms with Crippen molar-refractivity contribution in [3.8, 4) is 17.2 Å². The molecule has 40 heavy (non-hydrogen) atoms. The lowest BCUT2D eigenvalue weighted by Crippen LogP contribution is -2.27. The molecule has 222 valence electrons. The summed E-state index contributed by atoms with van der Waals surface area (Å²) in [5.74, 6) is 3.54. The summed E-state index contributed by atoms with van der Waals surface area (Å²) in [5, 5.41) is 0. The van der Waals surface area contributed by atoms with Crippen LogP contribution in [0.4, 0.5) is 0 Å². The van der Waals surface area contributed by atoms with Crippen molar-refractivity contribution < 1.29 is 23.4 Å². The van der Waals surface area contributed by atoms with Gasteiger partial charge in [0.1, 0.15) is 11.5 Å². The zero-order valence-electron chi connectivity index (χ0n) is 24.5. The number of furan rings is 1. The summed E-state index contributed by atoms with van der Waals surface area (Å²) in [5.41, 5.74) is 1.31. The van der Waals surface area contributed by atoms with E-state index in [1.165, 1.54) is 85.9 Å². The lowest BCUT2D eigenvalue weighted by atomic mass is 9.89. The highest BCUT2D eigenvalue weighted by molar-refractivity contribution is 5.95. The van der Waals surface area contributed by atoms with Gasteiger partial charge in [-0.2, -0.15) is 0 Å². The molecule has 7 heteroatoms. The summed E-state index contributed by atoms with van der Waals surface area (Å²) in [6.45, 7) is 10.2. The van der Waals surface area contributed by atoms with E-state index in [1.807, 2.05) is 25.1 Å². The van der Waals surface area contributed by atoms with Gasteiger partial charge in [0.25, 0.3) is 5.91 Å². The molecule has 0 radical (unpaired) electrons. The van der Waals surface area contributed by atoms with Crippen LogP contribution >= 0.6 is 0 Å². The summed E-state index contributed by atoms with van der Waals surface area (Å²) in [6, 6.07) is 5.13. The molecule has 2 fully saturated rings. The van der Waals surface area contributed by atoms with Crippen molar-refractivity contribution in [1.82, 2.24) is 9.80 Å². The molecule has 2 aromatic rings. The first-order valence-corrected chi connectivity index (χ1v) is 14.1. The van der Waals surface area contributed by atoms with Gasteiger partial charge >= 0.3 is 0 Å². The van der Waals surface area contributed by atoms with Gasteiger partial charge in [-0.15, -0.1) is 0 Å². The smallest absolute Gasteiger partial charge is 0.254 e. The number of hydrogen-bond acceptors (Lipinski definition) is 6. The molecule has 4 rings (SSSR count). The van der Waals surface area contributed by atoms with E-state index >= 15 is 0 Å². The van der Waals surface area contributed by atoms with Crippen LogP contribution in [0.25, 0.3) is 12.2 Å². The number of ether oxygens (including phenoxy) is 3. The molecule has 2 heterocycles. The number of rotatable bonds is 10. The third-order valence-electron chi connectivity index (χ3n) is 7.47. The lowest BCUT2D eigenvalue weighted by molar-refractivity contribution is 0.0774. The molecule has 1 aliphatic heterocycles. The van der Waals surface area contributed by atoms with Crippen molar-refractivity contribution in [2.75, 3.05) is 48.0 Å². The number of benzene rings is 1. The van der Waals surface area contributed by atoms with Crippen molar-refractivity contribution in [2.45, 2.75) is 65.8 Å². The van der Waals surface area contributed by atoms with Crippen molar-refractivity contribution >= 4 is 18.1 Å². The number of hydrogen-bond donors (Lipinski definition) is 0. The van der Waals surface area contributed by atoms with Gasteiger partial charge < -0.3 is 28.4 Å². The molecule has 1 saturated carbocycles. The Morgan fingerprint density at radius 3 is 2.17 bits per heavy atom. The second-order valence-corrected chi connectivity index (χ2v) is 10.3. The number of likely N-dealkylation sites (tertiary alicyclic amines) is 1. The zero-order valence-corrected chi connectivity index (χ0v) is 24.5. The summed E-state index contributed by atoms with van der Waals surface area (Å²) >= 11 is 0. The number of carbonyl (C=O) groups excluding carboxylic acids is 1. The molecule has 1 aliphatic carbocycles. The highest BCUT2D eigenvalue weighted by Crippen LogP contribution is 2.38. The maximum atomic E-state index is 12.9. The van der Waals surface area contributed by atoms with E-state index in [2.05, 4.69) is 11.5 Å². The fraction of sp³-hybridized carbons (Fsp3) is 0.545. The van der Waals surface area contributed by atoms with Gasteiger partial charge in [-0.3, -0.25) is 4.79 Å². The molecule has 0 spiro atoms. The first kappa shape index (κ1) is 33.0. The Balaban J connectivity index is 0.000000358. The second-order valence-electron chi connectivity index (χ2n) is 10.3. The molecule has 0 unspecified atom stereocenters. The SMILES string of the molecule is C.C1CCC(CN2CCCC2)CC1.C=Cc1cc(CN(C)C(=O)c2cc(OC)c(OC)c(OC)c2)oc1/C=C\C. The van der Waals surface area contributed by atoms with E-state index in [1.54, 1.807) is 30.2 Å². The third-order valence-corrected chi connectivity index (χ3v) is 7.47. The van der Waals surface area contributed by atoms with Gasteiger partial charge in [0.15, 0.2) is 11.5 Å². The first-order valence-electron chi connectivity index (χ1n) is 14.1. The van der Waals surface area contributed by atoms with Crippen LogP contribution in [0.1, 0.15) is 86.7 Å². The lowest BCUT2D eigenvalue weighted by Gasteiger charge is -2.26. The zero-order chi connectivity index (χ0) is 28.2. The van der Waals surface area contributed by atoms with Crippen molar-refractivity contribution in [1.29, 1.82) is 0 Å². The fourth-order valence-corrected chi connectivity index (χ4v) is 5.42. The molecule has 1 saturated heterocycles. The Morgan fingerprint density at radius 2 is 1.65 bits per heavy atom. The van der Waals surface area contributed by atoms with Gasteiger partial charge in [-0.25, -0.2) is 0 Å². The predicted octanol–water partition coefficient (Wildman–Crippen LogP) is 7.55. The molecule has 7 nitrogen and oxygen atoms in total. The third kappa shape index (κ3) is 8.91. The van der Waals surface area contributed by atoms with E-state index in [0.29, 0.717) is 35.1 Å². The van der Waals surface area contributed by atoms with Crippen molar-refractivity contribution in [2.24, 2.45) is 5.92 Å². The van der Waals surface area contributed by atoms with Crippen LogP contribution in [0, 0.1) is 5.92 Å².